The lowest BCUT2D eigenvalue weighted by molar-refractivity contribution is 0.0949. The maximum atomic E-state index is 12.0. The lowest BCUT2D eigenvalue weighted by atomic mass is 10.1. The average Bonchev–Trinajstić information content (AvgIpc) is 2.76. The van der Waals surface area contributed by atoms with Gasteiger partial charge in [0.05, 0.1) is 17.3 Å². The second kappa shape index (κ2) is 5.36. The Morgan fingerprint density at radius 2 is 2.26 bits per heavy atom. The van der Waals surface area contributed by atoms with E-state index in [-0.39, 0.29) is 5.91 Å². The molecule has 1 amide bonds. The lowest BCUT2D eigenvalue weighted by Gasteiger charge is -2.05. The van der Waals surface area contributed by atoms with Gasteiger partial charge in [-0.25, -0.2) is 0 Å². The first-order valence-corrected chi connectivity index (χ1v) is 5.82. The number of nitrogens with zero attached hydrogens (tertiary/aromatic N) is 2. The predicted octanol–water partition coefficient (Wildman–Crippen LogP) is 2.09. The second-order valence-electron chi connectivity index (χ2n) is 4.19. The number of hydrogen-bond acceptors (Lipinski definition) is 4. The molecule has 0 saturated heterocycles. The molecule has 2 aromatic rings. The van der Waals surface area contributed by atoms with Crippen LogP contribution in [0.4, 0.5) is 0 Å². The molecule has 5 nitrogen and oxygen atoms in total. The highest BCUT2D eigenvalue weighted by Crippen LogP contribution is 2.12. The van der Waals surface area contributed by atoms with Crippen LogP contribution < -0.4 is 5.32 Å². The van der Waals surface area contributed by atoms with Gasteiger partial charge in [0.25, 0.3) is 5.91 Å². The molecule has 0 aliphatic carbocycles. The smallest absolute Gasteiger partial charge is 0.257 e. The van der Waals surface area contributed by atoms with Crippen LogP contribution >= 0.6 is 0 Å². The number of rotatable bonds is 3. The fourth-order valence-corrected chi connectivity index (χ4v) is 1.83. The predicted molar refractivity (Wildman–Crippen MR) is 68.3 cm³/mol. The van der Waals surface area contributed by atoms with E-state index in [1.165, 1.54) is 0 Å². The summed E-state index contributed by atoms with van der Waals surface area (Å²) in [5.41, 5.74) is 2.49. The van der Waals surface area contributed by atoms with E-state index in [1.807, 2.05) is 6.07 Å². The van der Waals surface area contributed by atoms with Gasteiger partial charge in [0.15, 0.2) is 0 Å². The first-order chi connectivity index (χ1) is 9.11. The van der Waals surface area contributed by atoms with Crippen molar-refractivity contribution in [3.05, 3.63) is 52.4 Å². The minimum Gasteiger partial charge on any atom is -0.361 e. The molecule has 19 heavy (non-hydrogen) atoms. The van der Waals surface area contributed by atoms with Crippen molar-refractivity contribution >= 4 is 5.91 Å². The summed E-state index contributed by atoms with van der Waals surface area (Å²) in [6.45, 7) is 3.78. The maximum Gasteiger partial charge on any atom is 0.257 e. The highest BCUT2D eigenvalue weighted by molar-refractivity contribution is 5.96. The van der Waals surface area contributed by atoms with Crippen LogP contribution in [-0.4, -0.2) is 11.1 Å². The highest BCUT2D eigenvalue weighted by Gasteiger charge is 2.16. The topological polar surface area (TPSA) is 78.9 Å². The van der Waals surface area contributed by atoms with Crippen LogP contribution in [0.2, 0.25) is 0 Å². The van der Waals surface area contributed by atoms with Gasteiger partial charge in [0.1, 0.15) is 11.3 Å². The number of hydrogen-bond donors (Lipinski definition) is 1. The molecule has 0 fully saturated rings. The van der Waals surface area contributed by atoms with Crippen molar-refractivity contribution in [2.24, 2.45) is 0 Å². The summed E-state index contributed by atoms with van der Waals surface area (Å²) in [6, 6.07) is 9.17. The Balaban J connectivity index is 2.07. The molecule has 0 unspecified atom stereocenters. The Bertz CT molecular complexity index is 633. The summed E-state index contributed by atoms with van der Waals surface area (Å²) < 4.78 is 4.95. The van der Waals surface area contributed by atoms with Crippen LogP contribution in [-0.2, 0) is 6.54 Å². The lowest BCUT2D eigenvalue weighted by Crippen LogP contribution is -2.23. The van der Waals surface area contributed by atoms with Crippen LogP contribution in [0, 0.1) is 25.2 Å². The summed E-state index contributed by atoms with van der Waals surface area (Å²) in [5.74, 6) is 0.277. The third kappa shape index (κ3) is 2.80. The van der Waals surface area contributed by atoms with Gasteiger partial charge in [0.2, 0.25) is 0 Å². The summed E-state index contributed by atoms with van der Waals surface area (Å²) in [6.07, 6.45) is 0. The number of nitriles is 1. The third-order valence-corrected chi connectivity index (χ3v) is 2.77. The molecule has 1 N–H and O–H groups in total. The van der Waals surface area contributed by atoms with Gasteiger partial charge in [-0.1, -0.05) is 17.3 Å². The van der Waals surface area contributed by atoms with Crippen molar-refractivity contribution < 1.29 is 9.32 Å². The summed E-state index contributed by atoms with van der Waals surface area (Å²) in [5, 5.41) is 15.3. The quantitative estimate of drug-likeness (QED) is 0.910. The highest BCUT2D eigenvalue weighted by atomic mass is 16.5. The number of amides is 1. The molecule has 0 aliphatic rings. The molecule has 0 spiro atoms. The minimum absolute atomic E-state index is 0.224. The second-order valence-corrected chi connectivity index (χ2v) is 4.19. The van der Waals surface area contributed by atoms with Crippen LogP contribution in [0.1, 0.15) is 32.9 Å². The van der Waals surface area contributed by atoms with E-state index in [4.69, 9.17) is 9.78 Å². The van der Waals surface area contributed by atoms with Crippen molar-refractivity contribution in [3.8, 4) is 6.07 Å². The van der Waals surface area contributed by atoms with E-state index in [9.17, 15) is 4.79 Å². The molecule has 0 atom stereocenters. The van der Waals surface area contributed by atoms with Crippen molar-refractivity contribution in [1.82, 2.24) is 10.5 Å². The zero-order valence-electron chi connectivity index (χ0n) is 10.7. The van der Waals surface area contributed by atoms with Gasteiger partial charge in [-0.15, -0.1) is 0 Å². The summed E-state index contributed by atoms with van der Waals surface area (Å²) >= 11 is 0. The fourth-order valence-electron chi connectivity index (χ4n) is 1.83. The number of nitrogens with one attached hydrogen (secondary N) is 1. The van der Waals surface area contributed by atoms with E-state index in [1.54, 1.807) is 32.0 Å². The number of aromatic nitrogens is 1. The van der Waals surface area contributed by atoms with E-state index in [2.05, 4.69) is 16.5 Å². The molecule has 0 radical (unpaired) electrons. The number of carbonyl (C=O) groups excluding carboxylic acids is 1. The van der Waals surface area contributed by atoms with Gasteiger partial charge in [-0.3, -0.25) is 4.79 Å². The SMILES string of the molecule is Cc1noc(C)c1C(=O)NCc1cccc(C#N)c1. The maximum absolute atomic E-state index is 12.0. The van der Waals surface area contributed by atoms with E-state index in [0.29, 0.717) is 29.1 Å². The van der Waals surface area contributed by atoms with Gasteiger partial charge in [-0.2, -0.15) is 5.26 Å². The van der Waals surface area contributed by atoms with Crippen molar-refractivity contribution in [2.75, 3.05) is 0 Å². The number of aryl methyl sites for hydroxylation is 2. The first-order valence-electron chi connectivity index (χ1n) is 5.82. The average molecular weight is 255 g/mol. The van der Waals surface area contributed by atoms with Crippen molar-refractivity contribution in [2.45, 2.75) is 20.4 Å². The van der Waals surface area contributed by atoms with Crippen LogP contribution in [0.5, 0.6) is 0 Å². The Kier molecular flexibility index (Phi) is 3.62. The summed E-state index contributed by atoms with van der Waals surface area (Å²) in [7, 11) is 0. The Morgan fingerprint density at radius 1 is 1.47 bits per heavy atom. The van der Waals surface area contributed by atoms with Crippen molar-refractivity contribution in [3.63, 3.8) is 0 Å². The standard InChI is InChI=1S/C14H13N3O2/c1-9-13(10(2)19-17-9)14(18)16-8-12-5-3-4-11(6-12)7-15/h3-6H,8H2,1-2H3,(H,16,18). The fraction of sp³-hybridized carbons (Fsp3) is 0.214. The molecule has 1 heterocycles. The number of benzene rings is 1. The van der Waals surface area contributed by atoms with E-state index < -0.39 is 0 Å². The molecular formula is C14H13N3O2. The van der Waals surface area contributed by atoms with Crippen molar-refractivity contribution in [1.29, 1.82) is 5.26 Å². The Hall–Kier alpha value is -2.61. The molecule has 1 aromatic heterocycles. The zero-order chi connectivity index (χ0) is 13.8. The van der Waals surface area contributed by atoms with Crippen LogP contribution in [0.25, 0.3) is 0 Å². The van der Waals surface area contributed by atoms with E-state index >= 15 is 0 Å². The molecule has 0 bridgehead atoms. The molecule has 2 rings (SSSR count). The van der Waals surface area contributed by atoms with E-state index in [0.717, 1.165) is 5.56 Å². The Labute approximate surface area is 110 Å². The molecule has 96 valence electrons. The van der Waals surface area contributed by atoms with Gasteiger partial charge in [-0.05, 0) is 31.5 Å². The molecular weight excluding hydrogens is 242 g/mol. The zero-order valence-corrected chi connectivity index (χ0v) is 10.7. The van der Waals surface area contributed by atoms with Gasteiger partial charge >= 0.3 is 0 Å². The third-order valence-electron chi connectivity index (χ3n) is 2.77. The first kappa shape index (κ1) is 12.8. The Morgan fingerprint density at radius 3 is 2.89 bits per heavy atom. The molecule has 5 heteroatoms. The summed E-state index contributed by atoms with van der Waals surface area (Å²) in [4.78, 5) is 12.0. The minimum atomic E-state index is -0.224. The normalized spacial score (nSPS) is 9.95. The van der Waals surface area contributed by atoms with Crippen LogP contribution in [0.3, 0.4) is 0 Å². The molecule has 1 aromatic carbocycles. The van der Waals surface area contributed by atoms with Crippen LogP contribution in [0.15, 0.2) is 28.8 Å². The van der Waals surface area contributed by atoms with Gasteiger partial charge < -0.3 is 9.84 Å². The number of carbonyl (C=O) groups is 1. The largest absolute Gasteiger partial charge is 0.361 e. The molecule has 0 aliphatic heterocycles. The molecule has 0 saturated carbocycles. The van der Waals surface area contributed by atoms with Gasteiger partial charge in [0, 0.05) is 6.54 Å². The monoisotopic (exact) mass is 255 g/mol.